The highest BCUT2D eigenvalue weighted by Gasteiger charge is 2.64. The van der Waals surface area contributed by atoms with E-state index in [-0.39, 0.29) is 11.3 Å². The third kappa shape index (κ3) is 2.50. The van der Waals surface area contributed by atoms with E-state index in [0.717, 1.165) is 0 Å². The van der Waals surface area contributed by atoms with Crippen LogP contribution in [-0.4, -0.2) is 68.8 Å². The average molecular weight is 444 g/mol. The van der Waals surface area contributed by atoms with Crippen LogP contribution >= 0.6 is 0 Å². The van der Waals surface area contributed by atoms with E-state index >= 15 is 0 Å². The van der Waals surface area contributed by atoms with Gasteiger partial charge in [-0.2, -0.15) is 0 Å². The van der Waals surface area contributed by atoms with Crippen molar-refractivity contribution in [3.05, 3.63) is 40.2 Å². The lowest BCUT2D eigenvalue weighted by atomic mass is 9.55. The summed E-state index contributed by atoms with van der Waals surface area (Å²) >= 11 is 0. The van der Waals surface area contributed by atoms with Crippen LogP contribution in [-0.2, 0) is 14.4 Å². The second-order valence-electron chi connectivity index (χ2n) is 8.78. The van der Waals surface area contributed by atoms with Gasteiger partial charge in [-0.25, -0.2) is 0 Å². The number of amides is 1. The molecule has 170 valence electrons. The second kappa shape index (κ2) is 6.81. The molecule has 4 rings (SSSR count). The van der Waals surface area contributed by atoms with Crippen molar-refractivity contribution in [3.8, 4) is 5.75 Å². The van der Waals surface area contributed by atoms with E-state index in [1.54, 1.807) is 38.1 Å². The summed E-state index contributed by atoms with van der Waals surface area (Å²) < 4.78 is 0. The van der Waals surface area contributed by atoms with Crippen LogP contribution in [0.1, 0.15) is 30.4 Å². The summed E-state index contributed by atoms with van der Waals surface area (Å²) in [6, 6.07) is 3.29. The van der Waals surface area contributed by atoms with Crippen molar-refractivity contribution in [3.63, 3.8) is 0 Å². The fourth-order valence-corrected chi connectivity index (χ4v) is 5.35. The number of phenolic OH excluding ortho intramolecular Hbond substituents is 1. The maximum absolute atomic E-state index is 13.5. The molecule has 5 atom stereocenters. The topological polar surface area (TPSA) is 182 Å². The van der Waals surface area contributed by atoms with E-state index in [9.17, 15) is 39.9 Å². The summed E-state index contributed by atoms with van der Waals surface area (Å²) in [5.41, 5.74) is 1.83. The number of aliphatic hydroxyl groups is 4. The predicted octanol–water partition coefficient (Wildman–Crippen LogP) is 0.0217. The van der Waals surface area contributed by atoms with Gasteiger partial charge in [-0.15, -0.1) is 0 Å². The Labute approximate surface area is 182 Å². The molecular formula is C22H24N2O8. The van der Waals surface area contributed by atoms with E-state index in [0.29, 0.717) is 11.3 Å². The Morgan fingerprint density at radius 2 is 1.81 bits per heavy atom. The van der Waals surface area contributed by atoms with Crippen LogP contribution in [0.25, 0.3) is 5.76 Å². The minimum Gasteiger partial charge on any atom is -0.508 e. The molecule has 0 aromatic heterocycles. The summed E-state index contributed by atoms with van der Waals surface area (Å²) in [5.74, 6) is -8.64. The molecule has 1 aromatic rings. The van der Waals surface area contributed by atoms with Crippen LogP contribution in [0.4, 0.5) is 5.69 Å². The minimum atomic E-state index is -2.83. The standard InChI is InChI=1S/C22H24N2O8/c1-7-8-4-5-10(24(2)3)17(27)13(8)18(28)15-12(7)16(26)9-6-11(25)14(21(23)31)19(29)22(9,32)20(15)30/h4-5,7,9,12,16,26-29,32H,6H2,1-3H3,(H2,23,31)/t7?,9-,12-,16?,22-/m1/s1. The summed E-state index contributed by atoms with van der Waals surface area (Å²) in [6.07, 6.45) is -2.13. The van der Waals surface area contributed by atoms with Gasteiger partial charge < -0.3 is 36.2 Å². The van der Waals surface area contributed by atoms with Gasteiger partial charge in [0.2, 0.25) is 5.78 Å². The smallest absolute Gasteiger partial charge is 0.255 e. The third-order valence-corrected chi connectivity index (χ3v) is 6.96. The van der Waals surface area contributed by atoms with Gasteiger partial charge in [0.05, 0.1) is 17.4 Å². The molecule has 0 aliphatic heterocycles. The molecular weight excluding hydrogens is 420 g/mol. The number of aromatic hydroxyl groups is 1. The molecule has 0 bridgehead atoms. The van der Waals surface area contributed by atoms with Crippen molar-refractivity contribution in [2.75, 3.05) is 19.0 Å². The van der Waals surface area contributed by atoms with Crippen molar-refractivity contribution in [2.45, 2.75) is 31.0 Å². The van der Waals surface area contributed by atoms with Gasteiger partial charge in [0.25, 0.3) is 5.91 Å². The molecule has 3 aliphatic rings. The zero-order valence-corrected chi connectivity index (χ0v) is 17.7. The molecule has 0 heterocycles. The number of aliphatic hydroxyl groups excluding tert-OH is 3. The number of nitrogens with zero attached hydrogens (tertiary/aromatic N) is 1. The molecule has 2 unspecified atom stereocenters. The van der Waals surface area contributed by atoms with Crippen LogP contribution in [0.5, 0.6) is 5.75 Å². The van der Waals surface area contributed by atoms with Crippen LogP contribution in [0, 0.1) is 11.8 Å². The van der Waals surface area contributed by atoms with Crippen molar-refractivity contribution >= 4 is 28.9 Å². The average Bonchev–Trinajstić information content (AvgIpc) is 2.70. The second-order valence-corrected chi connectivity index (χ2v) is 8.78. The maximum atomic E-state index is 13.5. The first-order valence-electron chi connectivity index (χ1n) is 10.0. The van der Waals surface area contributed by atoms with Crippen LogP contribution in [0.3, 0.4) is 0 Å². The summed E-state index contributed by atoms with van der Waals surface area (Å²) in [5, 5.41) is 54.8. The Kier molecular flexibility index (Phi) is 4.65. The largest absolute Gasteiger partial charge is 0.508 e. The van der Waals surface area contributed by atoms with E-state index in [1.165, 1.54) is 0 Å². The molecule has 0 saturated heterocycles. The number of hydrogen-bond donors (Lipinski definition) is 6. The first-order valence-corrected chi connectivity index (χ1v) is 10.0. The maximum Gasteiger partial charge on any atom is 0.255 e. The molecule has 7 N–H and O–H groups in total. The normalized spacial score (nSPS) is 31.8. The van der Waals surface area contributed by atoms with Crippen LogP contribution in [0.15, 0.2) is 29.0 Å². The predicted molar refractivity (Wildman–Crippen MR) is 112 cm³/mol. The number of carbonyl (C=O) groups is 3. The van der Waals surface area contributed by atoms with Gasteiger partial charge >= 0.3 is 0 Å². The zero-order valence-electron chi connectivity index (χ0n) is 17.7. The lowest BCUT2D eigenvalue weighted by Gasteiger charge is -2.50. The fourth-order valence-electron chi connectivity index (χ4n) is 5.35. The molecule has 0 radical (unpaired) electrons. The molecule has 32 heavy (non-hydrogen) atoms. The number of rotatable bonds is 2. The Balaban J connectivity index is 2.02. The lowest BCUT2D eigenvalue weighted by Crippen LogP contribution is -2.63. The molecule has 10 nitrogen and oxygen atoms in total. The fraction of sp³-hybridized carbons (Fsp3) is 0.409. The number of carbonyl (C=O) groups excluding carboxylic acids is 3. The van der Waals surface area contributed by atoms with E-state index in [2.05, 4.69) is 0 Å². The van der Waals surface area contributed by atoms with Crippen molar-refractivity contribution in [1.29, 1.82) is 0 Å². The van der Waals surface area contributed by atoms with Gasteiger partial charge in [-0.3, -0.25) is 14.4 Å². The Hall–Kier alpha value is -3.37. The van der Waals surface area contributed by atoms with Gasteiger partial charge in [0.15, 0.2) is 11.4 Å². The molecule has 1 fully saturated rings. The van der Waals surface area contributed by atoms with Gasteiger partial charge in [0.1, 0.15) is 22.8 Å². The van der Waals surface area contributed by atoms with Gasteiger partial charge in [0, 0.05) is 37.9 Å². The third-order valence-electron chi connectivity index (χ3n) is 6.96. The zero-order chi connectivity index (χ0) is 23.9. The SMILES string of the molecule is CC1c2ccc(N(C)C)c(O)c2C(O)=C2C(=O)[C@]3(O)C(O)=C(C(N)=O)C(=O)C[C@@H]3C(O)[C@@H]21. The summed E-state index contributed by atoms with van der Waals surface area (Å²) in [4.78, 5) is 39.2. The molecule has 10 heteroatoms. The molecule has 1 aromatic carbocycles. The van der Waals surface area contributed by atoms with E-state index < -0.39 is 76.0 Å². The number of Topliss-reactive ketones (excluding diaryl/α,β-unsaturated/α-hetero) is 2. The number of fused-ring (bicyclic) bond motifs is 3. The number of nitrogens with two attached hydrogens (primary N) is 1. The molecule has 3 aliphatic carbocycles. The minimum absolute atomic E-state index is 0.0250. The highest BCUT2D eigenvalue weighted by Crippen LogP contribution is 2.56. The number of hydrogen-bond acceptors (Lipinski definition) is 9. The summed E-state index contributed by atoms with van der Waals surface area (Å²) in [6.45, 7) is 1.68. The Morgan fingerprint density at radius 1 is 1.19 bits per heavy atom. The summed E-state index contributed by atoms with van der Waals surface area (Å²) in [7, 11) is 3.35. The first-order chi connectivity index (χ1) is 14.8. The van der Waals surface area contributed by atoms with Gasteiger partial charge in [-0.1, -0.05) is 13.0 Å². The highest BCUT2D eigenvalue weighted by atomic mass is 16.4. The molecule has 0 spiro atoms. The van der Waals surface area contributed by atoms with E-state index in [4.69, 9.17) is 5.73 Å². The lowest BCUT2D eigenvalue weighted by molar-refractivity contribution is -0.160. The van der Waals surface area contributed by atoms with E-state index in [1.807, 2.05) is 0 Å². The first kappa shape index (κ1) is 21.8. The van der Waals surface area contributed by atoms with Gasteiger partial charge in [-0.05, 0) is 17.5 Å². The van der Waals surface area contributed by atoms with Crippen LogP contribution in [0.2, 0.25) is 0 Å². The van der Waals surface area contributed by atoms with Crippen molar-refractivity contribution in [1.82, 2.24) is 0 Å². The highest BCUT2D eigenvalue weighted by molar-refractivity contribution is 6.23. The molecule has 1 amide bonds. The number of benzene rings is 1. The van der Waals surface area contributed by atoms with Crippen molar-refractivity contribution < 1.29 is 39.9 Å². The molecule has 1 saturated carbocycles. The number of anilines is 1. The van der Waals surface area contributed by atoms with Crippen molar-refractivity contribution in [2.24, 2.45) is 17.6 Å². The quantitative estimate of drug-likeness (QED) is 0.343. The Morgan fingerprint density at radius 3 is 2.38 bits per heavy atom. The van der Waals surface area contributed by atoms with Crippen LogP contribution < -0.4 is 10.6 Å². The number of primary amides is 1. The number of phenols is 1. The number of ketones is 2. The Bertz CT molecular complexity index is 1150. The monoisotopic (exact) mass is 444 g/mol.